The summed E-state index contributed by atoms with van der Waals surface area (Å²) < 4.78 is 6.63. The molecule has 0 aliphatic heterocycles. The molecule has 2 aromatic rings. The molecule has 0 spiro atoms. The van der Waals surface area contributed by atoms with Crippen LogP contribution in [0.5, 0.6) is 5.75 Å². The lowest BCUT2D eigenvalue weighted by molar-refractivity contribution is -0.133. The summed E-state index contributed by atoms with van der Waals surface area (Å²) in [5.74, 6) is 7.69. The molecule has 2 N–H and O–H groups in total. The number of aromatic nitrogens is 3. The van der Waals surface area contributed by atoms with Gasteiger partial charge in [0.25, 0.3) is 0 Å². The van der Waals surface area contributed by atoms with Crippen molar-refractivity contribution in [2.24, 2.45) is 0 Å². The summed E-state index contributed by atoms with van der Waals surface area (Å²) >= 11 is 1.36. The number of ether oxygens (including phenoxy) is 1. The number of rotatable bonds is 7. The van der Waals surface area contributed by atoms with E-state index in [1.807, 2.05) is 36.1 Å². The molecule has 152 valence electrons. The minimum atomic E-state index is -0.267. The standard InChI is InChI=1S/C20H29N5O2S/c1-4-24(16-8-6-5-7-9-16)19(26)14(2)28-20-23-22-18(25(20)21)15-10-12-17(27-3)13-11-15/h10-14,16H,4-9,21H2,1-3H3/t14-/m0/s1. The maximum atomic E-state index is 13.0. The Morgan fingerprint density at radius 3 is 2.57 bits per heavy atom. The van der Waals surface area contributed by atoms with Crippen molar-refractivity contribution in [2.45, 2.75) is 62.4 Å². The molecule has 1 heterocycles. The predicted molar refractivity (Wildman–Crippen MR) is 112 cm³/mol. The summed E-state index contributed by atoms with van der Waals surface area (Å²) in [7, 11) is 1.63. The Kier molecular flexibility index (Phi) is 6.83. The SMILES string of the molecule is CCN(C(=O)[C@H](C)Sc1nnc(-c2ccc(OC)cc2)n1N)C1CCCCC1. The molecular weight excluding hydrogens is 374 g/mol. The third kappa shape index (κ3) is 4.43. The number of hydrogen-bond donors (Lipinski definition) is 1. The van der Waals surface area contributed by atoms with Gasteiger partial charge in [-0.1, -0.05) is 31.0 Å². The van der Waals surface area contributed by atoms with Crippen molar-refractivity contribution in [2.75, 3.05) is 19.5 Å². The molecular formula is C20H29N5O2S. The van der Waals surface area contributed by atoms with Gasteiger partial charge in [0.2, 0.25) is 11.1 Å². The summed E-state index contributed by atoms with van der Waals surface area (Å²) in [6.07, 6.45) is 5.89. The summed E-state index contributed by atoms with van der Waals surface area (Å²) in [5.41, 5.74) is 0.846. The fourth-order valence-corrected chi connectivity index (χ4v) is 4.56. The molecule has 1 atom stereocenters. The highest BCUT2D eigenvalue weighted by Crippen LogP contribution is 2.29. The van der Waals surface area contributed by atoms with Crippen LogP contribution in [0, 0.1) is 0 Å². The second-order valence-electron chi connectivity index (χ2n) is 7.08. The Morgan fingerprint density at radius 2 is 1.96 bits per heavy atom. The van der Waals surface area contributed by atoms with E-state index in [4.69, 9.17) is 10.6 Å². The number of carbonyl (C=O) groups is 1. The zero-order chi connectivity index (χ0) is 20.1. The van der Waals surface area contributed by atoms with Crippen LogP contribution in [0.15, 0.2) is 29.4 Å². The summed E-state index contributed by atoms with van der Waals surface area (Å²) in [6, 6.07) is 7.84. The van der Waals surface area contributed by atoms with E-state index in [0.29, 0.717) is 17.0 Å². The van der Waals surface area contributed by atoms with Crippen molar-refractivity contribution >= 4 is 17.7 Å². The maximum absolute atomic E-state index is 13.0. The Morgan fingerprint density at radius 1 is 1.29 bits per heavy atom. The van der Waals surface area contributed by atoms with E-state index in [-0.39, 0.29) is 11.2 Å². The smallest absolute Gasteiger partial charge is 0.236 e. The lowest BCUT2D eigenvalue weighted by Crippen LogP contribution is -2.44. The monoisotopic (exact) mass is 403 g/mol. The molecule has 0 bridgehead atoms. The molecule has 1 amide bonds. The fraction of sp³-hybridized carbons (Fsp3) is 0.550. The molecule has 1 saturated carbocycles. The largest absolute Gasteiger partial charge is 0.497 e. The first-order chi connectivity index (χ1) is 13.5. The van der Waals surface area contributed by atoms with Crippen LogP contribution in [0.25, 0.3) is 11.4 Å². The Balaban J connectivity index is 1.70. The minimum absolute atomic E-state index is 0.147. The quantitative estimate of drug-likeness (QED) is 0.564. The van der Waals surface area contributed by atoms with Crippen LogP contribution in [0.4, 0.5) is 0 Å². The van der Waals surface area contributed by atoms with Gasteiger partial charge in [0.1, 0.15) is 5.75 Å². The highest BCUT2D eigenvalue weighted by molar-refractivity contribution is 8.00. The van der Waals surface area contributed by atoms with Gasteiger partial charge in [0.15, 0.2) is 5.82 Å². The topological polar surface area (TPSA) is 86.3 Å². The van der Waals surface area contributed by atoms with E-state index >= 15 is 0 Å². The Hall–Kier alpha value is -2.22. The molecule has 1 fully saturated rings. The first kappa shape index (κ1) is 20.5. The van der Waals surface area contributed by atoms with Crippen LogP contribution in [-0.2, 0) is 4.79 Å². The van der Waals surface area contributed by atoms with E-state index in [1.54, 1.807) is 7.11 Å². The highest BCUT2D eigenvalue weighted by atomic mass is 32.2. The number of benzene rings is 1. The molecule has 1 aromatic heterocycles. The van der Waals surface area contributed by atoms with Crippen molar-refractivity contribution in [1.82, 2.24) is 19.8 Å². The van der Waals surface area contributed by atoms with Gasteiger partial charge in [-0.3, -0.25) is 4.79 Å². The van der Waals surface area contributed by atoms with Gasteiger partial charge in [0, 0.05) is 18.2 Å². The number of nitrogens with zero attached hydrogens (tertiary/aromatic N) is 4. The summed E-state index contributed by atoms with van der Waals surface area (Å²) in [5, 5.41) is 8.68. The van der Waals surface area contributed by atoms with Gasteiger partial charge in [-0.05, 0) is 51.0 Å². The number of amides is 1. The third-order valence-corrected chi connectivity index (χ3v) is 6.33. The van der Waals surface area contributed by atoms with E-state index in [2.05, 4.69) is 17.1 Å². The van der Waals surface area contributed by atoms with Crippen LogP contribution < -0.4 is 10.6 Å². The van der Waals surface area contributed by atoms with Crippen LogP contribution in [0.1, 0.15) is 46.0 Å². The molecule has 1 aliphatic rings. The van der Waals surface area contributed by atoms with Crippen molar-refractivity contribution < 1.29 is 9.53 Å². The van der Waals surface area contributed by atoms with Gasteiger partial charge in [-0.15, -0.1) is 10.2 Å². The van der Waals surface area contributed by atoms with Crippen molar-refractivity contribution in [3.8, 4) is 17.1 Å². The molecule has 1 aliphatic carbocycles. The number of hydrogen-bond acceptors (Lipinski definition) is 6. The number of nitrogens with two attached hydrogens (primary N) is 1. The van der Waals surface area contributed by atoms with Gasteiger partial charge in [-0.25, -0.2) is 4.68 Å². The molecule has 1 aromatic carbocycles. The number of nitrogen functional groups attached to an aromatic ring is 1. The Labute approximate surface area is 170 Å². The van der Waals surface area contributed by atoms with Crippen LogP contribution in [-0.4, -0.2) is 50.6 Å². The second-order valence-corrected chi connectivity index (χ2v) is 8.39. The summed E-state index contributed by atoms with van der Waals surface area (Å²) in [4.78, 5) is 15.1. The van der Waals surface area contributed by atoms with Crippen molar-refractivity contribution in [3.63, 3.8) is 0 Å². The van der Waals surface area contributed by atoms with Gasteiger partial charge < -0.3 is 15.5 Å². The molecule has 0 unspecified atom stereocenters. The van der Waals surface area contributed by atoms with Crippen LogP contribution >= 0.6 is 11.8 Å². The second kappa shape index (κ2) is 9.32. The zero-order valence-electron chi connectivity index (χ0n) is 16.8. The van der Waals surface area contributed by atoms with Crippen LogP contribution in [0.3, 0.4) is 0 Å². The third-order valence-electron chi connectivity index (χ3n) is 5.28. The zero-order valence-corrected chi connectivity index (χ0v) is 17.6. The van der Waals surface area contributed by atoms with Crippen molar-refractivity contribution in [1.29, 1.82) is 0 Å². The van der Waals surface area contributed by atoms with E-state index in [1.165, 1.54) is 35.7 Å². The lowest BCUT2D eigenvalue weighted by Gasteiger charge is -2.35. The first-order valence-electron chi connectivity index (χ1n) is 9.87. The van der Waals surface area contributed by atoms with Gasteiger partial charge in [0.05, 0.1) is 12.4 Å². The van der Waals surface area contributed by atoms with E-state index in [0.717, 1.165) is 30.7 Å². The molecule has 28 heavy (non-hydrogen) atoms. The minimum Gasteiger partial charge on any atom is -0.497 e. The van der Waals surface area contributed by atoms with Crippen molar-refractivity contribution in [3.05, 3.63) is 24.3 Å². The van der Waals surface area contributed by atoms with Crippen LogP contribution in [0.2, 0.25) is 0 Å². The van der Waals surface area contributed by atoms with Gasteiger partial charge in [-0.2, -0.15) is 0 Å². The van der Waals surface area contributed by atoms with E-state index < -0.39 is 0 Å². The van der Waals surface area contributed by atoms with Gasteiger partial charge >= 0.3 is 0 Å². The average molecular weight is 404 g/mol. The normalized spacial score (nSPS) is 16.0. The fourth-order valence-electron chi connectivity index (χ4n) is 3.72. The molecule has 7 nitrogen and oxygen atoms in total. The first-order valence-corrected chi connectivity index (χ1v) is 10.7. The Bertz CT molecular complexity index is 786. The molecule has 3 rings (SSSR count). The van der Waals surface area contributed by atoms with E-state index in [9.17, 15) is 4.79 Å². The number of methoxy groups -OCH3 is 1. The highest BCUT2D eigenvalue weighted by Gasteiger charge is 2.29. The lowest BCUT2D eigenvalue weighted by atomic mass is 9.94. The molecule has 8 heteroatoms. The number of carbonyl (C=O) groups excluding carboxylic acids is 1. The molecule has 0 saturated heterocycles. The maximum Gasteiger partial charge on any atom is 0.236 e. The molecule has 0 radical (unpaired) electrons. The summed E-state index contributed by atoms with van der Waals surface area (Å²) in [6.45, 7) is 4.71. The average Bonchev–Trinajstić information content (AvgIpc) is 3.09. The number of thioether (sulfide) groups is 1. The predicted octanol–water partition coefficient (Wildman–Crippen LogP) is 3.33.